The smallest absolute Gasteiger partial charge is 0.175 e. The lowest BCUT2D eigenvalue weighted by Crippen LogP contribution is -2.46. The molecule has 9 nitrogen and oxygen atoms in total. The van der Waals surface area contributed by atoms with Gasteiger partial charge in [0.05, 0.1) is 4.90 Å². The first kappa shape index (κ1) is 18.6. The summed E-state index contributed by atoms with van der Waals surface area (Å²) in [5.41, 5.74) is 0.764. The first-order chi connectivity index (χ1) is 13.4. The van der Waals surface area contributed by atoms with Crippen molar-refractivity contribution in [3.8, 4) is 0 Å². The maximum atomic E-state index is 11.7. The molecule has 10 heteroatoms. The van der Waals surface area contributed by atoms with E-state index in [-0.39, 0.29) is 4.90 Å². The van der Waals surface area contributed by atoms with Crippen LogP contribution in [0, 0.1) is 0 Å². The zero-order valence-corrected chi connectivity index (χ0v) is 16.7. The third-order valence-electron chi connectivity index (χ3n) is 4.88. The van der Waals surface area contributed by atoms with Gasteiger partial charge in [0.2, 0.25) is 0 Å². The summed E-state index contributed by atoms with van der Waals surface area (Å²) in [5, 5.41) is 7.65. The van der Waals surface area contributed by atoms with Gasteiger partial charge in [0, 0.05) is 44.2 Å². The molecule has 0 radical (unpaired) electrons. The van der Waals surface area contributed by atoms with Crippen LogP contribution in [0.3, 0.4) is 0 Å². The standard InChI is InChI=1S/C18H23N7O2S/c1-23-7-9-24(10-8-23)16-11-17(25-18(12-19-16)20-13-21-25)22-14-3-5-15(6-4-14)28(2,26)27/h3-6,11,13,22H,7-10,12H2,1-2H3. The second-order valence-electron chi connectivity index (χ2n) is 7.00. The summed E-state index contributed by atoms with van der Waals surface area (Å²) in [5.74, 6) is 2.38. The fourth-order valence-corrected chi connectivity index (χ4v) is 3.83. The summed E-state index contributed by atoms with van der Waals surface area (Å²) in [6.45, 7) is 4.27. The number of sulfone groups is 1. The maximum Gasteiger partial charge on any atom is 0.175 e. The van der Waals surface area contributed by atoms with Gasteiger partial charge in [-0.2, -0.15) is 9.78 Å². The molecular formula is C18H23N7O2S. The molecule has 148 valence electrons. The van der Waals surface area contributed by atoms with E-state index in [2.05, 4.69) is 32.2 Å². The molecule has 0 bridgehead atoms. The molecule has 2 aromatic rings. The molecule has 28 heavy (non-hydrogen) atoms. The van der Waals surface area contributed by atoms with Crippen LogP contribution in [0.25, 0.3) is 5.82 Å². The van der Waals surface area contributed by atoms with E-state index < -0.39 is 9.84 Å². The Kier molecular flexibility index (Phi) is 4.90. The fourth-order valence-electron chi connectivity index (χ4n) is 3.20. The first-order valence-corrected chi connectivity index (χ1v) is 11.0. The molecule has 1 fully saturated rings. The summed E-state index contributed by atoms with van der Waals surface area (Å²) >= 11 is 0. The van der Waals surface area contributed by atoms with Crippen molar-refractivity contribution in [3.63, 3.8) is 0 Å². The molecule has 2 aliphatic heterocycles. The van der Waals surface area contributed by atoms with Gasteiger partial charge in [-0.25, -0.2) is 13.4 Å². The minimum Gasteiger partial charge on any atom is -0.354 e. The number of aromatic nitrogens is 3. The molecule has 1 aromatic carbocycles. The van der Waals surface area contributed by atoms with Crippen molar-refractivity contribution in [2.45, 2.75) is 11.4 Å². The van der Waals surface area contributed by atoms with Crippen molar-refractivity contribution < 1.29 is 8.42 Å². The number of hydrogen-bond donors (Lipinski definition) is 1. The Bertz CT molecular complexity index is 1020. The summed E-state index contributed by atoms with van der Waals surface area (Å²) < 4.78 is 25.1. The van der Waals surface area contributed by atoms with Gasteiger partial charge in [0.15, 0.2) is 15.7 Å². The van der Waals surface area contributed by atoms with Crippen molar-refractivity contribution >= 4 is 27.2 Å². The predicted octanol–water partition coefficient (Wildman–Crippen LogP) is 0.752. The zero-order chi connectivity index (χ0) is 19.7. The van der Waals surface area contributed by atoms with Gasteiger partial charge in [0.25, 0.3) is 0 Å². The number of nitrogens with one attached hydrogen (secondary N) is 1. The lowest BCUT2D eigenvalue weighted by atomic mass is 10.3. The Labute approximate surface area is 164 Å². The van der Waals surface area contributed by atoms with Gasteiger partial charge >= 0.3 is 0 Å². The second-order valence-corrected chi connectivity index (χ2v) is 9.02. The molecule has 4 rings (SSSR count). The zero-order valence-electron chi connectivity index (χ0n) is 15.9. The van der Waals surface area contributed by atoms with Gasteiger partial charge in [0.1, 0.15) is 24.5 Å². The lowest BCUT2D eigenvalue weighted by molar-refractivity contribution is 0.216. The number of hydrogen-bond acceptors (Lipinski definition) is 8. The quantitative estimate of drug-likeness (QED) is 0.811. The summed E-state index contributed by atoms with van der Waals surface area (Å²) in [6, 6.07) is 6.66. The number of aliphatic imine (C=N–C) groups is 1. The minimum atomic E-state index is -3.23. The van der Waals surface area contributed by atoms with Crippen LogP contribution in [-0.2, 0) is 16.4 Å². The van der Waals surface area contributed by atoms with Gasteiger partial charge in [-0.1, -0.05) is 0 Å². The third kappa shape index (κ3) is 3.92. The molecular weight excluding hydrogens is 378 g/mol. The molecule has 0 spiro atoms. The van der Waals surface area contributed by atoms with E-state index in [0.717, 1.165) is 49.3 Å². The average molecular weight is 401 g/mol. The SMILES string of the molecule is CN1CCN(C2=NCc3ncnn3C(Nc3ccc(S(C)(=O)=O)cc3)=C2)CC1. The highest BCUT2D eigenvalue weighted by atomic mass is 32.2. The molecule has 2 aliphatic rings. The number of likely N-dealkylation sites (N-methyl/N-ethyl adjacent to an activating group) is 1. The van der Waals surface area contributed by atoms with E-state index in [1.165, 1.54) is 12.6 Å². The lowest BCUT2D eigenvalue weighted by Gasteiger charge is -2.33. The number of fused-ring (bicyclic) bond motifs is 1. The number of anilines is 1. The first-order valence-electron chi connectivity index (χ1n) is 9.06. The van der Waals surface area contributed by atoms with Gasteiger partial charge in [-0.05, 0) is 31.3 Å². The molecule has 1 N–H and O–H groups in total. The van der Waals surface area contributed by atoms with E-state index in [4.69, 9.17) is 4.99 Å². The van der Waals surface area contributed by atoms with Crippen LogP contribution in [0.5, 0.6) is 0 Å². The minimum absolute atomic E-state index is 0.286. The Morgan fingerprint density at radius 1 is 1.07 bits per heavy atom. The summed E-state index contributed by atoms with van der Waals surface area (Å²) in [7, 11) is -1.11. The summed E-state index contributed by atoms with van der Waals surface area (Å²) in [6.07, 6.45) is 4.68. The normalized spacial score (nSPS) is 18.1. The van der Waals surface area contributed by atoms with Crippen LogP contribution >= 0.6 is 0 Å². The summed E-state index contributed by atoms with van der Waals surface area (Å²) in [4.78, 5) is 13.9. The number of nitrogens with zero attached hydrogens (tertiary/aromatic N) is 6. The van der Waals surface area contributed by atoms with Gasteiger partial charge in [-0.3, -0.25) is 4.99 Å². The highest BCUT2D eigenvalue weighted by molar-refractivity contribution is 7.90. The molecule has 0 aliphatic carbocycles. The van der Waals surface area contributed by atoms with Crippen LogP contribution in [0.15, 0.2) is 46.6 Å². The van der Waals surface area contributed by atoms with Gasteiger partial charge in [-0.15, -0.1) is 0 Å². The highest BCUT2D eigenvalue weighted by Gasteiger charge is 2.21. The molecule has 3 heterocycles. The number of benzene rings is 1. The topological polar surface area (TPSA) is 95.7 Å². The second kappa shape index (κ2) is 7.36. The van der Waals surface area contributed by atoms with E-state index >= 15 is 0 Å². The number of rotatable bonds is 3. The molecule has 0 amide bonds. The monoisotopic (exact) mass is 401 g/mol. The fraction of sp³-hybridized carbons (Fsp3) is 0.389. The van der Waals surface area contributed by atoms with Crippen LogP contribution in [0.4, 0.5) is 5.69 Å². The molecule has 0 atom stereocenters. The maximum absolute atomic E-state index is 11.7. The Morgan fingerprint density at radius 2 is 1.79 bits per heavy atom. The Balaban J connectivity index is 1.62. The van der Waals surface area contributed by atoms with Crippen molar-refractivity contribution in [2.75, 3.05) is 44.8 Å². The third-order valence-corrected chi connectivity index (χ3v) is 6.01. The Hall–Kier alpha value is -2.72. The van der Waals surface area contributed by atoms with Crippen LogP contribution in [0.1, 0.15) is 5.82 Å². The molecule has 0 unspecified atom stereocenters. The van der Waals surface area contributed by atoms with Gasteiger partial charge < -0.3 is 15.1 Å². The molecule has 1 saturated heterocycles. The van der Waals surface area contributed by atoms with Crippen LogP contribution in [-0.4, -0.2) is 78.3 Å². The molecule has 0 saturated carbocycles. The van der Waals surface area contributed by atoms with Crippen molar-refractivity contribution in [1.82, 2.24) is 24.6 Å². The Morgan fingerprint density at radius 3 is 2.46 bits per heavy atom. The van der Waals surface area contributed by atoms with E-state index in [0.29, 0.717) is 6.54 Å². The predicted molar refractivity (Wildman–Crippen MR) is 108 cm³/mol. The molecule has 1 aromatic heterocycles. The van der Waals surface area contributed by atoms with Crippen molar-refractivity contribution in [3.05, 3.63) is 42.5 Å². The van der Waals surface area contributed by atoms with Crippen molar-refractivity contribution in [2.24, 2.45) is 4.99 Å². The largest absolute Gasteiger partial charge is 0.354 e. The van der Waals surface area contributed by atoms with E-state index in [1.807, 2.05) is 6.08 Å². The van der Waals surface area contributed by atoms with Crippen LogP contribution < -0.4 is 5.32 Å². The van der Waals surface area contributed by atoms with E-state index in [1.54, 1.807) is 28.9 Å². The number of piperazine rings is 1. The average Bonchev–Trinajstić information content (AvgIpc) is 3.07. The van der Waals surface area contributed by atoms with Crippen LogP contribution in [0.2, 0.25) is 0 Å². The van der Waals surface area contributed by atoms with E-state index in [9.17, 15) is 8.42 Å². The highest BCUT2D eigenvalue weighted by Crippen LogP contribution is 2.20. The van der Waals surface area contributed by atoms with Crippen molar-refractivity contribution in [1.29, 1.82) is 0 Å². The number of amidine groups is 1.